The number of aromatic carboxylic acids is 1. The van der Waals surface area contributed by atoms with Crippen LogP contribution in [0.2, 0.25) is 0 Å². The van der Waals surface area contributed by atoms with Crippen molar-refractivity contribution in [2.24, 2.45) is 0 Å². The first-order valence-electron chi connectivity index (χ1n) is 5.89. The maximum absolute atomic E-state index is 11.9. The highest BCUT2D eigenvalue weighted by Crippen LogP contribution is 2.11. The van der Waals surface area contributed by atoms with Gasteiger partial charge in [0.15, 0.2) is 0 Å². The van der Waals surface area contributed by atoms with Gasteiger partial charge in [-0.05, 0) is 24.3 Å². The zero-order valence-electron chi connectivity index (χ0n) is 10.8. The smallest absolute Gasteiger partial charge is 0.335 e. The first-order chi connectivity index (χ1) is 9.56. The van der Waals surface area contributed by atoms with Crippen molar-refractivity contribution >= 4 is 17.7 Å². The maximum atomic E-state index is 11.9. The molecule has 0 saturated heterocycles. The van der Waals surface area contributed by atoms with E-state index in [1.807, 2.05) is 0 Å². The summed E-state index contributed by atoms with van der Waals surface area (Å²) in [7, 11) is 1.66. The Labute approximate surface area is 115 Å². The molecule has 0 atom stereocenters. The van der Waals surface area contributed by atoms with E-state index in [9.17, 15) is 9.59 Å². The molecule has 0 radical (unpaired) electrons. The van der Waals surface area contributed by atoms with Crippen LogP contribution >= 0.6 is 0 Å². The van der Waals surface area contributed by atoms with Gasteiger partial charge in [0.05, 0.1) is 18.3 Å². The molecule has 0 aliphatic carbocycles. The molecule has 1 aromatic heterocycles. The minimum atomic E-state index is -1.00. The monoisotopic (exact) mass is 274 g/mol. The van der Waals surface area contributed by atoms with Crippen molar-refractivity contribution in [2.75, 3.05) is 12.4 Å². The number of aromatic amines is 1. The van der Waals surface area contributed by atoms with Crippen LogP contribution in [-0.4, -0.2) is 39.3 Å². The van der Waals surface area contributed by atoms with Crippen molar-refractivity contribution in [3.8, 4) is 0 Å². The van der Waals surface area contributed by atoms with Gasteiger partial charge in [-0.15, -0.1) is 0 Å². The third-order valence-corrected chi connectivity index (χ3v) is 2.70. The standard InChI is InChI=1S/C13H14N4O3/c1-17(8-9-6-14-15-7-9)13(20)16-11-4-2-10(3-5-11)12(18)19/h2-7H,8H2,1H3,(H,14,15)(H,16,20)(H,18,19). The number of nitrogens with zero attached hydrogens (tertiary/aromatic N) is 2. The van der Waals surface area contributed by atoms with Gasteiger partial charge in [0.2, 0.25) is 0 Å². The molecule has 0 aliphatic rings. The second-order valence-corrected chi connectivity index (χ2v) is 4.28. The molecule has 3 N–H and O–H groups in total. The zero-order chi connectivity index (χ0) is 14.5. The second kappa shape index (κ2) is 5.87. The quantitative estimate of drug-likeness (QED) is 0.791. The predicted molar refractivity (Wildman–Crippen MR) is 72.5 cm³/mol. The summed E-state index contributed by atoms with van der Waals surface area (Å²) >= 11 is 0. The van der Waals surface area contributed by atoms with E-state index in [0.717, 1.165) is 5.56 Å². The number of benzene rings is 1. The summed E-state index contributed by atoms with van der Waals surface area (Å²) in [4.78, 5) is 24.1. The van der Waals surface area contributed by atoms with Crippen molar-refractivity contribution in [2.45, 2.75) is 6.54 Å². The normalized spacial score (nSPS) is 10.1. The van der Waals surface area contributed by atoms with Crippen LogP contribution in [0.3, 0.4) is 0 Å². The van der Waals surface area contributed by atoms with Crippen molar-refractivity contribution < 1.29 is 14.7 Å². The second-order valence-electron chi connectivity index (χ2n) is 4.28. The van der Waals surface area contributed by atoms with Gasteiger partial charge in [-0.3, -0.25) is 5.10 Å². The van der Waals surface area contributed by atoms with E-state index in [1.165, 1.54) is 17.0 Å². The van der Waals surface area contributed by atoms with Gasteiger partial charge in [-0.2, -0.15) is 5.10 Å². The topological polar surface area (TPSA) is 98.3 Å². The molecule has 0 saturated carbocycles. The number of hydrogen-bond donors (Lipinski definition) is 3. The third kappa shape index (κ3) is 3.35. The van der Waals surface area contributed by atoms with E-state index in [0.29, 0.717) is 12.2 Å². The summed E-state index contributed by atoms with van der Waals surface area (Å²) in [6, 6.07) is 5.69. The van der Waals surface area contributed by atoms with Crippen molar-refractivity contribution in [3.05, 3.63) is 47.8 Å². The largest absolute Gasteiger partial charge is 0.478 e. The Morgan fingerprint density at radius 1 is 1.35 bits per heavy atom. The Kier molecular flexibility index (Phi) is 3.99. The minimum Gasteiger partial charge on any atom is -0.478 e. The van der Waals surface area contributed by atoms with Gasteiger partial charge >= 0.3 is 12.0 Å². The Morgan fingerprint density at radius 2 is 2.05 bits per heavy atom. The molecule has 1 aromatic carbocycles. The van der Waals surface area contributed by atoms with Crippen LogP contribution in [0.5, 0.6) is 0 Å². The van der Waals surface area contributed by atoms with Crippen molar-refractivity contribution in [1.82, 2.24) is 15.1 Å². The van der Waals surface area contributed by atoms with E-state index in [1.54, 1.807) is 31.6 Å². The Balaban J connectivity index is 1.95. The highest BCUT2D eigenvalue weighted by molar-refractivity contribution is 5.91. The van der Waals surface area contributed by atoms with Gasteiger partial charge in [0.1, 0.15) is 0 Å². The number of aromatic nitrogens is 2. The van der Waals surface area contributed by atoms with Crippen LogP contribution < -0.4 is 5.32 Å². The van der Waals surface area contributed by atoms with Gasteiger partial charge in [0.25, 0.3) is 0 Å². The zero-order valence-corrected chi connectivity index (χ0v) is 10.8. The van der Waals surface area contributed by atoms with Crippen LogP contribution in [0.25, 0.3) is 0 Å². The Hall–Kier alpha value is -2.83. The number of carbonyl (C=O) groups is 2. The van der Waals surface area contributed by atoms with Crippen molar-refractivity contribution in [1.29, 1.82) is 0 Å². The molecule has 2 rings (SSSR count). The average molecular weight is 274 g/mol. The molecule has 2 amide bonds. The highest BCUT2D eigenvalue weighted by atomic mass is 16.4. The van der Waals surface area contributed by atoms with Crippen LogP contribution in [0.15, 0.2) is 36.7 Å². The molecule has 7 nitrogen and oxygen atoms in total. The fourth-order valence-electron chi connectivity index (χ4n) is 1.62. The van der Waals surface area contributed by atoms with E-state index in [2.05, 4.69) is 15.5 Å². The Bertz CT molecular complexity index is 593. The number of carbonyl (C=O) groups excluding carboxylic acids is 1. The molecule has 0 bridgehead atoms. The van der Waals surface area contributed by atoms with Crippen LogP contribution in [0.1, 0.15) is 15.9 Å². The van der Waals surface area contributed by atoms with Crippen LogP contribution in [0, 0.1) is 0 Å². The highest BCUT2D eigenvalue weighted by Gasteiger charge is 2.10. The van der Waals surface area contributed by atoms with Gasteiger partial charge in [0, 0.05) is 24.5 Å². The molecule has 20 heavy (non-hydrogen) atoms. The Morgan fingerprint density at radius 3 is 2.60 bits per heavy atom. The number of anilines is 1. The number of carboxylic acids is 1. The third-order valence-electron chi connectivity index (χ3n) is 2.70. The minimum absolute atomic E-state index is 0.176. The van der Waals surface area contributed by atoms with E-state index >= 15 is 0 Å². The lowest BCUT2D eigenvalue weighted by Crippen LogP contribution is -2.30. The summed E-state index contributed by atoms with van der Waals surface area (Å²) in [5, 5.41) is 18.0. The fraction of sp³-hybridized carbons (Fsp3) is 0.154. The van der Waals surface area contributed by atoms with Gasteiger partial charge < -0.3 is 15.3 Å². The number of urea groups is 1. The lowest BCUT2D eigenvalue weighted by Gasteiger charge is -2.17. The van der Waals surface area contributed by atoms with E-state index in [-0.39, 0.29) is 11.6 Å². The van der Waals surface area contributed by atoms with E-state index < -0.39 is 5.97 Å². The molecule has 2 aromatic rings. The number of H-pyrrole nitrogens is 1. The van der Waals surface area contributed by atoms with Gasteiger partial charge in [-0.1, -0.05) is 0 Å². The SMILES string of the molecule is CN(Cc1cn[nH]c1)C(=O)Nc1ccc(C(=O)O)cc1. The molecule has 0 unspecified atom stereocenters. The molecule has 0 aliphatic heterocycles. The average Bonchev–Trinajstić information content (AvgIpc) is 2.92. The van der Waals surface area contributed by atoms with Crippen LogP contribution in [0.4, 0.5) is 10.5 Å². The summed E-state index contributed by atoms with van der Waals surface area (Å²) < 4.78 is 0. The number of carboxylic acid groups (broad SMARTS) is 1. The summed E-state index contributed by atoms with van der Waals surface area (Å²) in [5.74, 6) is -1.00. The summed E-state index contributed by atoms with van der Waals surface area (Å²) in [5.41, 5.74) is 1.61. The van der Waals surface area contributed by atoms with Gasteiger partial charge in [-0.25, -0.2) is 9.59 Å². The number of nitrogens with one attached hydrogen (secondary N) is 2. The number of rotatable bonds is 4. The molecule has 0 spiro atoms. The summed E-state index contributed by atoms with van der Waals surface area (Å²) in [6.07, 6.45) is 3.36. The number of hydrogen-bond acceptors (Lipinski definition) is 3. The lowest BCUT2D eigenvalue weighted by molar-refractivity contribution is 0.0697. The van der Waals surface area contributed by atoms with E-state index in [4.69, 9.17) is 5.11 Å². The predicted octanol–water partition coefficient (Wildman–Crippen LogP) is 1.77. The molecule has 0 fully saturated rings. The van der Waals surface area contributed by atoms with Crippen molar-refractivity contribution in [3.63, 3.8) is 0 Å². The first kappa shape index (κ1) is 13.6. The summed E-state index contributed by atoms with van der Waals surface area (Å²) in [6.45, 7) is 0.426. The molecule has 7 heteroatoms. The lowest BCUT2D eigenvalue weighted by atomic mass is 10.2. The molecular weight excluding hydrogens is 260 g/mol. The molecular formula is C13H14N4O3. The maximum Gasteiger partial charge on any atom is 0.335 e. The molecule has 104 valence electrons. The number of amides is 2. The molecule has 1 heterocycles. The fourth-order valence-corrected chi connectivity index (χ4v) is 1.62. The van der Waals surface area contributed by atoms with Crippen LogP contribution in [-0.2, 0) is 6.54 Å². The first-order valence-corrected chi connectivity index (χ1v) is 5.89.